The minimum atomic E-state index is -1.14. The van der Waals surface area contributed by atoms with Crippen LogP contribution in [0.1, 0.15) is 59.9 Å². The maximum atomic E-state index is 13.3. The van der Waals surface area contributed by atoms with Gasteiger partial charge in [-0.2, -0.15) is 0 Å². The van der Waals surface area contributed by atoms with E-state index in [1.165, 1.54) is 0 Å². The van der Waals surface area contributed by atoms with Crippen molar-refractivity contribution in [1.29, 1.82) is 0 Å². The highest BCUT2D eigenvalue weighted by atomic mass is 16.4. The van der Waals surface area contributed by atoms with Crippen LogP contribution in [0.25, 0.3) is 10.9 Å². The van der Waals surface area contributed by atoms with Gasteiger partial charge in [0.25, 0.3) is 0 Å². The summed E-state index contributed by atoms with van der Waals surface area (Å²) in [4.78, 5) is 54.2. The standard InChI is InChI=1S/C28H43N5O5/c1-7-17(6)24(27(36)32-23(16(4)5)28(37)38)33-26(35)22(12-15(2)3)31-25(34)20(29)13-18-14-30-21-11-9-8-10-19(18)21/h8-11,14-17,20,22-24,30H,7,12-13,29H2,1-6H3,(H,31,34)(H,32,36)(H,33,35)(H,37,38). The average molecular weight is 530 g/mol. The molecule has 0 spiro atoms. The average Bonchev–Trinajstić information content (AvgIpc) is 3.26. The number of carbonyl (C=O) groups excluding carboxylic acids is 3. The number of nitrogens with one attached hydrogen (secondary N) is 4. The predicted octanol–water partition coefficient (Wildman–Crippen LogP) is 2.32. The van der Waals surface area contributed by atoms with Gasteiger partial charge in [0.15, 0.2) is 0 Å². The second kappa shape index (κ2) is 13.9. The maximum absolute atomic E-state index is 13.3. The number of hydrogen-bond donors (Lipinski definition) is 6. The fourth-order valence-electron chi connectivity index (χ4n) is 4.32. The van der Waals surface area contributed by atoms with Crippen LogP contribution in [0.2, 0.25) is 0 Å². The molecule has 1 aromatic carbocycles. The molecule has 0 saturated heterocycles. The summed E-state index contributed by atoms with van der Waals surface area (Å²) in [5.74, 6) is -3.22. The fraction of sp³-hybridized carbons (Fsp3) is 0.571. The van der Waals surface area contributed by atoms with Gasteiger partial charge < -0.3 is 31.8 Å². The number of carbonyl (C=O) groups is 4. The highest BCUT2D eigenvalue weighted by Gasteiger charge is 2.33. The highest BCUT2D eigenvalue weighted by molar-refractivity contribution is 5.94. The highest BCUT2D eigenvalue weighted by Crippen LogP contribution is 2.19. The van der Waals surface area contributed by atoms with Crippen molar-refractivity contribution < 1.29 is 24.3 Å². The molecule has 7 N–H and O–H groups in total. The molecule has 38 heavy (non-hydrogen) atoms. The zero-order valence-corrected chi connectivity index (χ0v) is 23.2. The summed E-state index contributed by atoms with van der Waals surface area (Å²) in [5, 5.41) is 18.6. The van der Waals surface area contributed by atoms with Gasteiger partial charge >= 0.3 is 5.97 Å². The third kappa shape index (κ3) is 8.31. The van der Waals surface area contributed by atoms with E-state index in [4.69, 9.17) is 5.73 Å². The van der Waals surface area contributed by atoms with E-state index in [0.717, 1.165) is 16.5 Å². The zero-order chi connectivity index (χ0) is 28.6. The lowest BCUT2D eigenvalue weighted by atomic mass is 9.95. The van der Waals surface area contributed by atoms with Crippen LogP contribution in [-0.2, 0) is 25.6 Å². The van der Waals surface area contributed by atoms with Crippen molar-refractivity contribution in [3.63, 3.8) is 0 Å². The second-order valence-electron chi connectivity index (χ2n) is 10.8. The van der Waals surface area contributed by atoms with E-state index in [0.29, 0.717) is 12.8 Å². The SMILES string of the molecule is CCC(C)C(NC(=O)C(CC(C)C)NC(=O)C(N)Cc1c[nH]c2ccccc12)C(=O)NC(C(=O)O)C(C)C. The number of benzene rings is 1. The topological polar surface area (TPSA) is 166 Å². The summed E-state index contributed by atoms with van der Waals surface area (Å²) in [6, 6.07) is 3.90. The molecule has 2 aromatic rings. The molecule has 0 aliphatic rings. The van der Waals surface area contributed by atoms with Crippen LogP contribution in [0.4, 0.5) is 0 Å². The Morgan fingerprint density at radius 1 is 0.921 bits per heavy atom. The van der Waals surface area contributed by atoms with Crippen molar-refractivity contribution in [3.05, 3.63) is 36.0 Å². The van der Waals surface area contributed by atoms with Crippen LogP contribution in [0.3, 0.4) is 0 Å². The summed E-state index contributed by atoms with van der Waals surface area (Å²) >= 11 is 0. The van der Waals surface area contributed by atoms with Crippen LogP contribution in [-0.4, -0.2) is 57.9 Å². The molecule has 2 rings (SSSR count). The number of nitrogens with two attached hydrogens (primary N) is 1. The van der Waals surface area contributed by atoms with Crippen LogP contribution < -0.4 is 21.7 Å². The molecule has 1 aromatic heterocycles. The van der Waals surface area contributed by atoms with Crippen molar-refractivity contribution in [2.75, 3.05) is 0 Å². The third-order valence-electron chi connectivity index (χ3n) is 6.82. The summed E-state index contributed by atoms with van der Waals surface area (Å²) < 4.78 is 0. The molecule has 5 unspecified atom stereocenters. The first-order chi connectivity index (χ1) is 17.8. The lowest BCUT2D eigenvalue weighted by molar-refractivity contribution is -0.144. The third-order valence-corrected chi connectivity index (χ3v) is 6.82. The molecular weight excluding hydrogens is 486 g/mol. The molecule has 10 heteroatoms. The zero-order valence-electron chi connectivity index (χ0n) is 23.2. The molecule has 1 heterocycles. The van der Waals surface area contributed by atoms with E-state index in [-0.39, 0.29) is 24.2 Å². The van der Waals surface area contributed by atoms with E-state index >= 15 is 0 Å². The van der Waals surface area contributed by atoms with Crippen molar-refractivity contribution in [2.45, 2.75) is 85.0 Å². The lowest BCUT2D eigenvalue weighted by Crippen LogP contribution is -2.59. The Morgan fingerprint density at radius 2 is 1.55 bits per heavy atom. The first kappa shape index (κ1) is 30.8. The van der Waals surface area contributed by atoms with Crippen molar-refractivity contribution in [3.8, 4) is 0 Å². The molecule has 0 radical (unpaired) electrons. The number of carboxylic acids is 1. The van der Waals surface area contributed by atoms with Gasteiger partial charge in [0.1, 0.15) is 18.1 Å². The molecule has 0 aliphatic heterocycles. The molecule has 5 atom stereocenters. The number of aromatic amines is 1. The Balaban J connectivity index is 2.15. The number of hydrogen-bond acceptors (Lipinski definition) is 5. The number of aromatic nitrogens is 1. The van der Waals surface area contributed by atoms with Gasteiger partial charge in [0, 0.05) is 17.1 Å². The molecule has 210 valence electrons. The number of rotatable bonds is 14. The van der Waals surface area contributed by atoms with Gasteiger partial charge in [-0.05, 0) is 42.2 Å². The summed E-state index contributed by atoms with van der Waals surface area (Å²) in [6.07, 6.45) is 3.03. The Bertz CT molecular complexity index is 1110. The van der Waals surface area contributed by atoms with Gasteiger partial charge in [-0.25, -0.2) is 4.79 Å². The van der Waals surface area contributed by atoms with Crippen LogP contribution in [0.15, 0.2) is 30.5 Å². The van der Waals surface area contributed by atoms with Crippen LogP contribution >= 0.6 is 0 Å². The Morgan fingerprint density at radius 3 is 2.13 bits per heavy atom. The normalized spacial score (nSPS) is 15.5. The number of H-pyrrole nitrogens is 1. The second-order valence-corrected chi connectivity index (χ2v) is 10.8. The fourth-order valence-corrected chi connectivity index (χ4v) is 4.32. The van der Waals surface area contributed by atoms with Gasteiger partial charge in [-0.3, -0.25) is 14.4 Å². The van der Waals surface area contributed by atoms with E-state index in [1.807, 2.05) is 58.2 Å². The molecule has 0 saturated carbocycles. The van der Waals surface area contributed by atoms with Crippen molar-refractivity contribution in [1.82, 2.24) is 20.9 Å². The quantitative estimate of drug-likeness (QED) is 0.220. The molecular formula is C28H43N5O5. The Hall–Kier alpha value is -3.40. The number of aliphatic carboxylic acids is 1. The first-order valence-electron chi connectivity index (χ1n) is 13.3. The predicted molar refractivity (Wildman–Crippen MR) is 147 cm³/mol. The minimum absolute atomic E-state index is 0.0732. The van der Waals surface area contributed by atoms with E-state index in [9.17, 15) is 24.3 Å². The number of carboxylic acid groups (broad SMARTS) is 1. The number of para-hydroxylation sites is 1. The van der Waals surface area contributed by atoms with Crippen molar-refractivity contribution in [2.24, 2.45) is 23.5 Å². The molecule has 0 fully saturated rings. The van der Waals surface area contributed by atoms with Gasteiger partial charge in [0.05, 0.1) is 6.04 Å². The monoisotopic (exact) mass is 529 g/mol. The smallest absolute Gasteiger partial charge is 0.326 e. The minimum Gasteiger partial charge on any atom is -0.480 e. The summed E-state index contributed by atoms with van der Waals surface area (Å²) in [7, 11) is 0. The molecule has 10 nitrogen and oxygen atoms in total. The van der Waals surface area contributed by atoms with E-state index in [1.54, 1.807) is 13.8 Å². The Labute approximate surface area is 224 Å². The van der Waals surface area contributed by atoms with Crippen LogP contribution in [0, 0.1) is 17.8 Å². The van der Waals surface area contributed by atoms with E-state index < -0.39 is 47.9 Å². The number of fused-ring (bicyclic) bond motifs is 1. The first-order valence-corrected chi connectivity index (χ1v) is 13.3. The number of amides is 3. The summed E-state index contributed by atoms with van der Waals surface area (Å²) in [6.45, 7) is 10.9. The van der Waals surface area contributed by atoms with Crippen LogP contribution in [0.5, 0.6) is 0 Å². The summed E-state index contributed by atoms with van der Waals surface area (Å²) in [5.41, 5.74) is 8.08. The Kier molecular flexibility index (Phi) is 11.3. The van der Waals surface area contributed by atoms with Crippen molar-refractivity contribution >= 4 is 34.6 Å². The molecule has 0 bridgehead atoms. The maximum Gasteiger partial charge on any atom is 0.326 e. The van der Waals surface area contributed by atoms with E-state index in [2.05, 4.69) is 20.9 Å². The van der Waals surface area contributed by atoms with Gasteiger partial charge in [-0.1, -0.05) is 66.2 Å². The van der Waals surface area contributed by atoms with Gasteiger partial charge in [0.2, 0.25) is 17.7 Å². The lowest BCUT2D eigenvalue weighted by Gasteiger charge is -2.29. The molecule has 3 amide bonds. The molecule has 0 aliphatic carbocycles. The largest absolute Gasteiger partial charge is 0.480 e. The van der Waals surface area contributed by atoms with Gasteiger partial charge in [-0.15, -0.1) is 0 Å².